The van der Waals surface area contributed by atoms with Crippen molar-refractivity contribution in [3.8, 4) is 17.3 Å². The summed E-state index contributed by atoms with van der Waals surface area (Å²) in [6, 6.07) is 6.62. The first kappa shape index (κ1) is 21.6. The zero-order chi connectivity index (χ0) is 23.8. The summed E-state index contributed by atoms with van der Waals surface area (Å²) in [7, 11) is 3.32. The standard InChI is InChI=1S/C23H21F2N7O2.H2/c1-13-10-32(12-27-13)17-4-5-20(28-22(17)33-3)29-23-26-9-19-21(30-23)31(2)18(11-34-19)14-6-15(24)8-16(25)7-14;/h4-10,12,18H,11H2,1-3H3,(H,26,28,29,30);1H. The van der Waals surface area contributed by atoms with Gasteiger partial charge in [-0.3, -0.25) is 0 Å². The van der Waals surface area contributed by atoms with Gasteiger partial charge >= 0.3 is 0 Å². The molecule has 1 N–H and O–H groups in total. The number of likely N-dealkylation sites (N-methyl/N-ethyl adjacent to an activating group) is 1. The molecule has 0 saturated carbocycles. The van der Waals surface area contributed by atoms with Crippen molar-refractivity contribution in [1.82, 2.24) is 24.5 Å². The molecule has 4 aromatic rings. The molecule has 5 rings (SSSR count). The maximum Gasteiger partial charge on any atom is 0.240 e. The summed E-state index contributed by atoms with van der Waals surface area (Å²) in [6.07, 6.45) is 5.10. The zero-order valence-electron chi connectivity index (χ0n) is 18.7. The SMILES string of the molecule is COc1nc(Nc2ncc3c(n2)N(C)C(c2cc(F)cc(F)c2)CO3)ccc1-n1cnc(C)c1.[HH]. The highest BCUT2D eigenvalue weighted by Gasteiger charge is 2.29. The molecule has 0 saturated heterocycles. The van der Waals surface area contributed by atoms with Gasteiger partial charge in [-0.2, -0.15) is 9.97 Å². The van der Waals surface area contributed by atoms with Crippen LogP contribution in [0, 0.1) is 18.6 Å². The number of halogens is 2. The molecule has 4 heterocycles. The van der Waals surface area contributed by atoms with Crippen molar-refractivity contribution in [2.75, 3.05) is 31.0 Å². The molecule has 1 unspecified atom stereocenters. The molecule has 0 fully saturated rings. The highest BCUT2D eigenvalue weighted by molar-refractivity contribution is 5.60. The Hall–Kier alpha value is -4.28. The molecule has 0 spiro atoms. The van der Waals surface area contributed by atoms with Crippen molar-refractivity contribution in [3.63, 3.8) is 0 Å². The third kappa shape index (κ3) is 4.07. The van der Waals surface area contributed by atoms with E-state index in [1.54, 1.807) is 30.5 Å². The Bertz CT molecular complexity index is 1350. The van der Waals surface area contributed by atoms with Gasteiger partial charge in [0.05, 0.1) is 31.4 Å². The van der Waals surface area contributed by atoms with Gasteiger partial charge in [-0.25, -0.2) is 18.7 Å². The van der Waals surface area contributed by atoms with E-state index in [-0.39, 0.29) is 14.0 Å². The van der Waals surface area contributed by atoms with Crippen molar-refractivity contribution in [2.45, 2.75) is 13.0 Å². The fraction of sp³-hybridized carbons (Fsp3) is 0.217. The van der Waals surface area contributed by atoms with E-state index in [1.165, 1.54) is 19.2 Å². The second kappa shape index (κ2) is 8.58. The molecule has 0 bridgehead atoms. The number of rotatable bonds is 5. The van der Waals surface area contributed by atoms with Crippen LogP contribution >= 0.6 is 0 Å². The van der Waals surface area contributed by atoms with Crippen molar-refractivity contribution in [1.29, 1.82) is 0 Å². The summed E-state index contributed by atoms with van der Waals surface area (Å²) in [5.41, 5.74) is 2.06. The molecular weight excluding hydrogens is 444 g/mol. The van der Waals surface area contributed by atoms with Gasteiger partial charge in [-0.15, -0.1) is 0 Å². The number of methoxy groups -OCH3 is 1. The van der Waals surface area contributed by atoms with Crippen LogP contribution in [-0.2, 0) is 0 Å². The number of nitrogens with zero attached hydrogens (tertiary/aromatic N) is 6. The number of aryl methyl sites for hydroxylation is 1. The molecule has 176 valence electrons. The van der Waals surface area contributed by atoms with E-state index in [4.69, 9.17) is 9.47 Å². The molecule has 0 radical (unpaired) electrons. The minimum atomic E-state index is -0.645. The maximum absolute atomic E-state index is 13.8. The number of aromatic nitrogens is 5. The van der Waals surface area contributed by atoms with Crippen LogP contribution in [0.4, 0.5) is 26.4 Å². The van der Waals surface area contributed by atoms with Crippen LogP contribution in [0.3, 0.4) is 0 Å². The van der Waals surface area contributed by atoms with Crippen molar-refractivity contribution in [2.24, 2.45) is 0 Å². The van der Waals surface area contributed by atoms with Crippen LogP contribution in [0.15, 0.2) is 49.1 Å². The molecular formula is C23H23F2N7O2. The van der Waals surface area contributed by atoms with Crippen molar-refractivity contribution < 1.29 is 19.7 Å². The van der Waals surface area contributed by atoms with Crippen LogP contribution in [0.2, 0.25) is 0 Å². The van der Waals surface area contributed by atoms with Crippen LogP contribution < -0.4 is 19.7 Å². The number of pyridine rings is 1. The van der Waals surface area contributed by atoms with Crippen LogP contribution in [0.1, 0.15) is 18.7 Å². The fourth-order valence-corrected chi connectivity index (χ4v) is 3.81. The summed E-state index contributed by atoms with van der Waals surface area (Å²) in [4.78, 5) is 19.4. The van der Waals surface area contributed by atoms with E-state index in [1.807, 2.05) is 23.8 Å². The fourth-order valence-electron chi connectivity index (χ4n) is 3.81. The first-order valence-corrected chi connectivity index (χ1v) is 10.4. The number of ether oxygens (including phenoxy) is 2. The topological polar surface area (TPSA) is 90.2 Å². The molecule has 34 heavy (non-hydrogen) atoms. The Kier molecular flexibility index (Phi) is 5.44. The Labute approximate surface area is 195 Å². The quantitative estimate of drug-likeness (QED) is 0.467. The number of hydrogen-bond acceptors (Lipinski definition) is 8. The summed E-state index contributed by atoms with van der Waals surface area (Å²) >= 11 is 0. The minimum Gasteiger partial charge on any atom is -0.486 e. The maximum atomic E-state index is 13.8. The Morgan fingerprint density at radius 3 is 2.65 bits per heavy atom. The van der Waals surface area contributed by atoms with Gasteiger partial charge in [0.15, 0.2) is 11.6 Å². The number of fused-ring (bicyclic) bond motifs is 1. The average Bonchev–Trinajstić information content (AvgIpc) is 3.25. The second-order valence-corrected chi connectivity index (χ2v) is 7.79. The molecule has 1 aromatic carbocycles. The Morgan fingerprint density at radius 2 is 1.94 bits per heavy atom. The summed E-state index contributed by atoms with van der Waals surface area (Å²) in [5, 5.41) is 3.07. The van der Waals surface area contributed by atoms with Crippen LogP contribution in [-0.4, -0.2) is 45.3 Å². The number of benzene rings is 1. The lowest BCUT2D eigenvalue weighted by molar-refractivity contribution is 0.264. The largest absolute Gasteiger partial charge is 0.486 e. The molecule has 0 amide bonds. The van der Waals surface area contributed by atoms with Crippen molar-refractivity contribution >= 4 is 17.6 Å². The highest BCUT2D eigenvalue weighted by atomic mass is 19.1. The molecule has 1 atom stereocenters. The lowest BCUT2D eigenvalue weighted by Gasteiger charge is -2.35. The normalized spacial score (nSPS) is 15.0. The Balaban J connectivity index is 0.00000289. The van der Waals surface area contributed by atoms with E-state index < -0.39 is 17.7 Å². The number of hydrogen-bond donors (Lipinski definition) is 1. The van der Waals surface area contributed by atoms with Gasteiger partial charge in [-0.05, 0) is 36.8 Å². The first-order chi connectivity index (χ1) is 16.4. The van der Waals surface area contributed by atoms with Crippen molar-refractivity contribution in [3.05, 3.63) is 71.9 Å². The van der Waals surface area contributed by atoms with Gasteiger partial charge in [0.2, 0.25) is 11.8 Å². The van der Waals surface area contributed by atoms with Gasteiger partial charge in [0.1, 0.15) is 29.7 Å². The lowest BCUT2D eigenvalue weighted by Crippen LogP contribution is -2.34. The number of nitrogens with one attached hydrogen (secondary N) is 1. The molecule has 11 heteroatoms. The van der Waals surface area contributed by atoms with E-state index in [0.29, 0.717) is 28.8 Å². The summed E-state index contributed by atoms with van der Waals surface area (Å²) in [5.74, 6) is 0.811. The molecule has 1 aliphatic rings. The predicted octanol–water partition coefficient (Wildman–Crippen LogP) is 4.21. The van der Waals surface area contributed by atoms with Gasteiger partial charge < -0.3 is 24.3 Å². The first-order valence-electron chi connectivity index (χ1n) is 10.4. The number of anilines is 3. The van der Waals surface area contributed by atoms with E-state index >= 15 is 0 Å². The van der Waals surface area contributed by atoms with Gasteiger partial charge in [0, 0.05) is 20.7 Å². The zero-order valence-corrected chi connectivity index (χ0v) is 18.7. The predicted molar refractivity (Wildman–Crippen MR) is 123 cm³/mol. The van der Waals surface area contributed by atoms with Gasteiger partial charge in [-0.1, -0.05) is 0 Å². The molecule has 1 aliphatic heterocycles. The Morgan fingerprint density at radius 1 is 1.15 bits per heavy atom. The molecule has 0 aliphatic carbocycles. The summed E-state index contributed by atoms with van der Waals surface area (Å²) in [6.45, 7) is 2.10. The third-order valence-corrected chi connectivity index (χ3v) is 5.47. The lowest BCUT2D eigenvalue weighted by atomic mass is 10.0. The smallest absolute Gasteiger partial charge is 0.240 e. The van der Waals surface area contributed by atoms with Crippen LogP contribution in [0.25, 0.3) is 5.69 Å². The van der Waals surface area contributed by atoms with Gasteiger partial charge in [0.25, 0.3) is 0 Å². The monoisotopic (exact) mass is 467 g/mol. The highest BCUT2D eigenvalue weighted by Crippen LogP contribution is 2.37. The van der Waals surface area contributed by atoms with Crippen LogP contribution in [0.5, 0.6) is 11.6 Å². The molecule has 3 aromatic heterocycles. The average molecular weight is 467 g/mol. The van der Waals surface area contributed by atoms with E-state index in [2.05, 4.69) is 25.3 Å². The third-order valence-electron chi connectivity index (χ3n) is 5.47. The van der Waals surface area contributed by atoms with E-state index in [9.17, 15) is 8.78 Å². The van der Waals surface area contributed by atoms with E-state index in [0.717, 1.165) is 17.4 Å². The molecule has 9 nitrogen and oxygen atoms in total. The number of imidazole rings is 1. The second-order valence-electron chi connectivity index (χ2n) is 7.79. The minimum absolute atomic E-state index is 0. The summed E-state index contributed by atoms with van der Waals surface area (Å²) < 4.78 is 40.5.